The molecule has 0 amide bonds. The predicted octanol–water partition coefficient (Wildman–Crippen LogP) is 5.35. The monoisotopic (exact) mass is 466 g/mol. The van der Waals surface area contributed by atoms with Crippen molar-refractivity contribution in [3.05, 3.63) is 58.2 Å². The lowest BCUT2D eigenvalue weighted by molar-refractivity contribution is 0.557. The van der Waals surface area contributed by atoms with Crippen molar-refractivity contribution in [1.29, 1.82) is 0 Å². The summed E-state index contributed by atoms with van der Waals surface area (Å²) in [5.74, 6) is 0.734. The smallest absolute Gasteiger partial charge is 0.148 e. The van der Waals surface area contributed by atoms with Gasteiger partial charge in [0.2, 0.25) is 0 Å². The molecule has 0 aromatic carbocycles. The molecule has 8 nitrogen and oxygen atoms in total. The molecule has 0 aliphatic heterocycles. The molecule has 0 saturated carbocycles. The number of hydrogen-bond donors (Lipinski definition) is 0. The molecule has 8 heteroatoms. The summed E-state index contributed by atoms with van der Waals surface area (Å²) in [6.45, 7) is 27.2. The Morgan fingerprint density at radius 3 is 1.44 bits per heavy atom. The van der Waals surface area contributed by atoms with Crippen LogP contribution < -0.4 is 0 Å². The van der Waals surface area contributed by atoms with Crippen LogP contribution in [0.1, 0.15) is 102 Å². The van der Waals surface area contributed by atoms with Crippen molar-refractivity contribution in [2.45, 2.75) is 106 Å². The number of rotatable bonds is 0. The van der Waals surface area contributed by atoms with Crippen molar-refractivity contribution in [2.24, 2.45) is 0 Å². The van der Waals surface area contributed by atoms with E-state index in [-0.39, 0.29) is 16.2 Å². The van der Waals surface area contributed by atoms with E-state index in [1.165, 1.54) is 11.1 Å². The quantitative estimate of drug-likeness (QED) is 0.437. The molecule has 3 aromatic rings. The molecule has 0 unspecified atom stereocenters. The standard InChI is InChI=1S/C10H16N2.2C8H13N3/c1-7-8(2)12-11-6-9(7)10(3,4)5;1-6-10-7(5-9-11-6)8(2,3)4;1-6-7(8(2,3)4)5-9-11-10-6/h6H,1-5H3;2*5H,1-4H3. The van der Waals surface area contributed by atoms with Gasteiger partial charge in [-0.05, 0) is 54.9 Å². The number of aromatic nitrogens is 8. The van der Waals surface area contributed by atoms with Crippen molar-refractivity contribution in [3.8, 4) is 0 Å². The summed E-state index contributed by atoms with van der Waals surface area (Å²) >= 11 is 0. The summed E-state index contributed by atoms with van der Waals surface area (Å²) < 4.78 is 0. The molecule has 3 heterocycles. The summed E-state index contributed by atoms with van der Waals surface area (Å²) in [5, 5.41) is 26.8. The van der Waals surface area contributed by atoms with E-state index in [2.05, 4.69) is 110 Å². The Morgan fingerprint density at radius 2 is 1.06 bits per heavy atom. The van der Waals surface area contributed by atoms with Crippen molar-refractivity contribution >= 4 is 0 Å². The van der Waals surface area contributed by atoms with Gasteiger partial charge >= 0.3 is 0 Å². The molecular weight excluding hydrogens is 424 g/mol. The highest BCUT2D eigenvalue weighted by Crippen LogP contribution is 2.25. The van der Waals surface area contributed by atoms with Crippen molar-refractivity contribution < 1.29 is 0 Å². The van der Waals surface area contributed by atoms with Crippen LogP contribution in [0.3, 0.4) is 0 Å². The zero-order valence-electron chi connectivity index (χ0n) is 23.3. The third-order valence-electron chi connectivity index (χ3n) is 5.21. The predicted molar refractivity (Wildman–Crippen MR) is 137 cm³/mol. The first kappa shape index (κ1) is 29.1. The molecule has 3 rings (SSSR count). The topological polar surface area (TPSA) is 103 Å². The van der Waals surface area contributed by atoms with Crippen LogP contribution in [0.15, 0.2) is 18.6 Å². The largest absolute Gasteiger partial charge is 0.234 e. The van der Waals surface area contributed by atoms with Crippen LogP contribution in [-0.4, -0.2) is 40.8 Å². The van der Waals surface area contributed by atoms with E-state index in [0.29, 0.717) is 0 Å². The van der Waals surface area contributed by atoms with Crippen LogP contribution in [0.5, 0.6) is 0 Å². The van der Waals surface area contributed by atoms with Gasteiger partial charge in [0.25, 0.3) is 0 Å². The van der Waals surface area contributed by atoms with E-state index in [1.807, 2.05) is 27.0 Å². The lowest BCUT2D eigenvalue weighted by atomic mass is 9.85. The summed E-state index contributed by atoms with van der Waals surface area (Å²) in [5.41, 5.74) is 7.05. The van der Waals surface area contributed by atoms with Gasteiger partial charge < -0.3 is 0 Å². The molecule has 0 radical (unpaired) electrons. The highest BCUT2D eigenvalue weighted by Gasteiger charge is 2.18. The van der Waals surface area contributed by atoms with E-state index < -0.39 is 0 Å². The molecule has 0 saturated heterocycles. The highest BCUT2D eigenvalue weighted by molar-refractivity contribution is 5.30. The zero-order chi connectivity index (χ0) is 26.3. The second kappa shape index (κ2) is 11.5. The van der Waals surface area contributed by atoms with Crippen LogP contribution in [0.2, 0.25) is 0 Å². The van der Waals surface area contributed by atoms with Gasteiger partial charge in [0.05, 0.1) is 35.7 Å². The second-order valence-electron chi connectivity index (χ2n) is 11.5. The van der Waals surface area contributed by atoms with E-state index >= 15 is 0 Å². The van der Waals surface area contributed by atoms with Crippen LogP contribution in [-0.2, 0) is 16.2 Å². The summed E-state index contributed by atoms with van der Waals surface area (Å²) in [6.07, 6.45) is 5.36. The fourth-order valence-corrected chi connectivity index (χ4v) is 3.11. The Labute approximate surface area is 205 Å². The Hall–Kier alpha value is -2.90. The fraction of sp³-hybridized carbons (Fsp3) is 0.615. The lowest BCUT2D eigenvalue weighted by Crippen LogP contribution is -2.15. The summed E-state index contributed by atoms with van der Waals surface area (Å²) in [4.78, 5) is 4.27. The first-order valence-electron chi connectivity index (χ1n) is 11.6. The maximum atomic E-state index is 4.27. The van der Waals surface area contributed by atoms with Crippen molar-refractivity contribution in [3.63, 3.8) is 0 Å². The van der Waals surface area contributed by atoms with Gasteiger partial charge in [-0.2, -0.15) is 15.3 Å². The molecule has 3 aromatic heterocycles. The first-order valence-corrected chi connectivity index (χ1v) is 11.6. The van der Waals surface area contributed by atoms with Gasteiger partial charge in [0.15, 0.2) is 0 Å². The third kappa shape index (κ3) is 9.15. The van der Waals surface area contributed by atoms with Gasteiger partial charge in [0, 0.05) is 11.0 Å². The SMILES string of the molecule is Cc1nncc(C(C)(C)C)c1C.Cc1nncc(C(C)(C)C)n1.Cc1nnncc1C(C)(C)C. The molecule has 34 heavy (non-hydrogen) atoms. The molecule has 0 N–H and O–H groups in total. The van der Waals surface area contributed by atoms with Gasteiger partial charge in [-0.1, -0.05) is 62.3 Å². The number of aryl methyl sites for hydroxylation is 3. The minimum atomic E-state index is 0.0701. The van der Waals surface area contributed by atoms with Crippen LogP contribution in [0.4, 0.5) is 0 Å². The lowest BCUT2D eigenvalue weighted by Gasteiger charge is -2.21. The maximum absolute atomic E-state index is 4.27. The van der Waals surface area contributed by atoms with Crippen LogP contribution in [0, 0.1) is 27.7 Å². The van der Waals surface area contributed by atoms with E-state index in [9.17, 15) is 0 Å². The van der Waals surface area contributed by atoms with Crippen molar-refractivity contribution in [1.82, 2.24) is 40.8 Å². The molecule has 0 spiro atoms. The van der Waals surface area contributed by atoms with Crippen molar-refractivity contribution in [2.75, 3.05) is 0 Å². The molecule has 0 fully saturated rings. The Kier molecular flexibility index (Phi) is 9.84. The van der Waals surface area contributed by atoms with Gasteiger partial charge in [-0.25, -0.2) is 4.98 Å². The maximum Gasteiger partial charge on any atom is 0.148 e. The van der Waals surface area contributed by atoms with Crippen LogP contribution >= 0.6 is 0 Å². The normalized spacial score (nSPS) is 11.7. The first-order chi connectivity index (χ1) is 15.4. The average molecular weight is 467 g/mol. The molecule has 0 atom stereocenters. The number of hydrogen-bond acceptors (Lipinski definition) is 8. The Morgan fingerprint density at radius 1 is 0.529 bits per heavy atom. The molecule has 0 aliphatic rings. The van der Waals surface area contributed by atoms with Gasteiger partial charge in [0.1, 0.15) is 5.82 Å². The Bertz CT molecular complexity index is 1060. The average Bonchev–Trinajstić information content (AvgIpc) is 2.69. The molecule has 186 valence electrons. The third-order valence-corrected chi connectivity index (χ3v) is 5.21. The summed E-state index contributed by atoms with van der Waals surface area (Å²) in [7, 11) is 0. The van der Waals surface area contributed by atoms with Gasteiger partial charge in [-0.15, -0.1) is 15.3 Å². The Balaban J connectivity index is 0.000000255. The highest BCUT2D eigenvalue weighted by atomic mass is 15.3. The number of nitrogens with zero attached hydrogens (tertiary/aromatic N) is 8. The summed E-state index contributed by atoms with van der Waals surface area (Å²) in [6, 6.07) is 0. The minimum Gasteiger partial charge on any atom is -0.234 e. The minimum absolute atomic E-state index is 0.0701. The van der Waals surface area contributed by atoms with E-state index in [0.717, 1.165) is 28.5 Å². The van der Waals surface area contributed by atoms with Gasteiger partial charge in [-0.3, -0.25) is 0 Å². The van der Waals surface area contributed by atoms with Crippen LogP contribution in [0.25, 0.3) is 0 Å². The van der Waals surface area contributed by atoms with E-state index in [4.69, 9.17) is 0 Å². The van der Waals surface area contributed by atoms with E-state index in [1.54, 1.807) is 12.4 Å². The molecule has 0 aliphatic carbocycles. The molecular formula is C26H42N8. The molecule has 0 bridgehead atoms. The second-order valence-corrected chi connectivity index (χ2v) is 11.5. The zero-order valence-corrected chi connectivity index (χ0v) is 23.3. The fourth-order valence-electron chi connectivity index (χ4n) is 3.11.